The Hall–Kier alpha value is -0.390. The topological polar surface area (TPSA) is 49.2 Å². The van der Waals surface area contributed by atoms with Crippen molar-refractivity contribution in [2.24, 2.45) is 5.92 Å². The highest BCUT2D eigenvalue weighted by molar-refractivity contribution is 9.10. The highest BCUT2D eigenvalue weighted by Gasteiger charge is 2.21. The maximum atomic E-state index is 9.07. The largest absolute Gasteiger partial charge is 0.396 e. The zero-order chi connectivity index (χ0) is 11.5. The van der Waals surface area contributed by atoms with E-state index >= 15 is 0 Å². The number of rotatable bonds is 2. The lowest BCUT2D eigenvalue weighted by Crippen LogP contribution is -2.35. The maximum absolute atomic E-state index is 9.07. The van der Waals surface area contributed by atoms with Crippen molar-refractivity contribution in [3.63, 3.8) is 0 Å². The first-order chi connectivity index (χ1) is 7.72. The molecule has 1 saturated heterocycles. The molecule has 0 aromatic carbocycles. The number of aliphatic hydroxyl groups is 1. The molecule has 1 N–H and O–H groups in total. The van der Waals surface area contributed by atoms with Gasteiger partial charge in [-0.2, -0.15) is 0 Å². The zero-order valence-electron chi connectivity index (χ0n) is 8.74. The van der Waals surface area contributed by atoms with E-state index in [-0.39, 0.29) is 6.61 Å². The Morgan fingerprint density at radius 3 is 2.75 bits per heavy atom. The summed E-state index contributed by atoms with van der Waals surface area (Å²) in [5, 5.41) is 9.51. The van der Waals surface area contributed by atoms with Gasteiger partial charge in [0.25, 0.3) is 0 Å². The number of nitrogens with zero attached hydrogens (tertiary/aromatic N) is 3. The third kappa shape index (κ3) is 2.47. The molecule has 1 fully saturated rings. The number of hydrogen-bond acceptors (Lipinski definition) is 4. The second-order valence-corrected chi connectivity index (χ2v) is 5.07. The van der Waals surface area contributed by atoms with Crippen molar-refractivity contribution < 1.29 is 5.11 Å². The summed E-state index contributed by atoms with van der Waals surface area (Å²) in [7, 11) is 0. The van der Waals surface area contributed by atoms with Gasteiger partial charge in [0.05, 0.1) is 4.47 Å². The van der Waals surface area contributed by atoms with E-state index in [1.54, 1.807) is 0 Å². The first-order valence-corrected chi connectivity index (χ1v) is 6.41. The van der Waals surface area contributed by atoms with Gasteiger partial charge in [0, 0.05) is 19.7 Å². The molecule has 1 aromatic rings. The molecule has 2 heterocycles. The summed E-state index contributed by atoms with van der Waals surface area (Å²) in [5.74, 6) is 1.27. The molecule has 88 valence electrons. The summed E-state index contributed by atoms with van der Waals surface area (Å²) in [6.45, 7) is 2.08. The lowest BCUT2D eigenvalue weighted by molar-refractivity contribution is 0.202. The molecule has 0 amide bonds. The van der Waals surface area contributed by atoms with Gasteiger partial charge in [-0.3, -0.25) is 0 Å². The van der Waals surface area contributed by atoms with Crippen molar-refractivity contribution in [2.45, 2.75) is 12.8 Å². The first-order valence-electron chi connectivity index (χ1n) is 5.24. The summed E-state index contributed by atoms with van der Waals surface area (Å²) >= 11 is 9.32. The Labute approximate surface area is 108 Å². The minimum absolute atomic E-state index is 0.277. The molecule has 0 aliphatic carbocycles. The molecule has 0 bridgehead atoms. The highest BCUT2D eigenvalue weighted by Crippen LogP contribution is 2.31. The minimum atomic E-state index is 0.277. The number of anilines is 1. The molecular formula is C10H13BrClN3O. The van der Waals surface area contributed by atoms with Gasteiger partial charge in [-0.25, -0.2) is 9.97 Å². The smallest absolute Gasteiger partial charge is 0.148 e. The Balaban J connectivity index is 2.11. The van der Waals surface area contributed by atoms with Crippen LogP contribution in [-0.2, 0) is 0 Å². The maximum Gasteiger partial charge on any atom is 0.148 e. The molecule has 0 saturated carbocycles. The summed E-state index contributed by atoms with van der Waals surface area (Å²) < 4.78 is 0.749. The van der Waals surface area contributed by atoms with Gasteiger partial charge >= 0.3 is 0 Å². The molecule has 1 aliphatic rings. The standard InChI is InChI=1S/C10H13BrClN3O/c11-8-9(12)13-6-14-10(8)15-3-1-7(5-16)2-4-15/h6-7,16H,1-5H2. The summed E-state index contributed by atoms with van der Waals surface area (Å²) in [6.07, 6.45) is 3.45. The first kappa shape index (κ1) is 12.1. The number of halogens is 2. The fourth-order valence-electron chi connectivity index (χ4n) is 1.89. The SMILES string of the molecule is OCC1CCN(c2ncnc(Cl)c2Br)CC1. The molecule has 0 unspecified atom stereocenters. The molecule has 0 atom stereocenters. The van der Waals surface area contributed by atoms with Gasteiger partial charge in [-0.1, -0.05) is 11.6 Å². The predicted molar refractivity (Wildman–Crippen MR) is 66.8 cm³/mol. The minimum Gasteiger partial charge on any atom is -0.396 e. The van der Waals surface area contributed by atoms with Crippen LogP contribution < -0.4 is 4.90 Å². The predicted octanol–water partition coefficient (Wildman–Crippen LogP) is 2.10. The van der Waals surface area contributed by atoms with E-state index in [0.717, 1.165) is 36.2 Å². The molecule has 0 spiro atoms. The lowest BCUT2D eigenvalue weighted by atomic mass is 9.98. The van der Waals surface area contributed by atoms with Crippen LogP contribution in [0.5, 0.6) is 0 Å². The monoisotopic (exact) mass is 305 g/mol. The van der Waals surface area contributed by atoms with Gasteiger partial charge < -0.3 is 10.0 Å². The summed E-state index contributed by atoms with van der Waals surface area (Å²) in [6, 6.07) is 0. The third-order valence-electron chi connectivity index (χ3n) is 2.90. The van der Waals surface area contributed by atoms with E-state index in [4.69, 9.17) is 16.7 Å². The van der Waals surface area contributed by atoms with E-state index in [1.165, 1.54) is 6.33 Å². The molecule has 1 aromatic heterocycles. The number of aromatic nitrogens is 2. The Kier molecular flexibility index (Phi) is 4.00. The van der Waals surface area contributed by atoms with Crippen molar-refractivity contribution in [3.8, 4) is 0 Å². The quantitative estimate of drug-likeness (QED) is 0.850. The Bertz CT molecular complexity index is 369. The van der Waals surface area contributed by atoms with Crippen molar-refractivity contribution in [1.29, 1.82) is 0 Å². The third-order valence-corrected chi connectivity index (χ3v) is 4.15. The van der Waals surface area contributed by atoms with Crippen LogP contribution in [-0.4, -0.2) is 34.8 Å². The van der Waals surface area contributed by atoms with Gasteiger partial charge in [-0.15, -0.1) is 0 Å². The molecule has 1 aliphatic heterocycles. The van der Waals surface area contributed by atoms with Crippen LogP contribution in [0.15, 0.2) is 10.8 Å². The fraction of sp³-hybridized carbons (Fsp3) is 0.600. The summed E-state index contributed by atoms with van der Waals surface area (Å²) in [4.78, 5) is 10.3. The summed E-state index contributed by atoms with van der Waals surface area (Å²) in [5.41, 5.74) is 0. The van der Waals surface area contributed by atoms with Crippen LogP contribution in [0.1, 0.15) is 12.8 Å². The van der Waals surface area contributed by atoms with Crippen LogP contribution in [0.2, 0.25) is 5.15 Å². The van der Waals surface area contributed by atoms with Gasteiger partial charge in [0.1, 0.15) is 17.3 Å². The normalized spacial score (nSPS) is 17.8. The molecule has 0 radical (unpaired) electrons. The fourth-order valence-corrected chi connectivity index (χ4v) is 2.47. The van der Waals surface area contributed by atoms with Crippen molar-refractivity contribution in [3.05, 3.63) is 16.0 Å². The van der Waals surface area contributed by atoms with Crippen LogP contribution in [0.25, 0.3) is 0 Å². The van der Waals surface area contributed by atoms with Crippen LogP contribution in [0.3, 0.4) is 0 Å². The van der Waals surface area contributed by atoms with E-state index in [9.17, 15) is 0 Å². The van der Waals surface area contributed by atoms with E-state index in [0.29, 0.717) is 11.1 Å². The average molecular weight is 307 g/mol. The zero-order valence-corrected chi connectivity index (χ0v) is 11.1. The van der Waals surface area contributed by atoms with Crippen molar-refractivity contribution >= 4 is 33.3 Å². The molecule has 6 heteroatoms. The van der Waals surface area contributed by atoms with E-state index in [2.05, 4.69) is 30.8 Å². The van der Waals surface area contributed by atoms with Gasteiger partial charge in [0.2, 0.25) is 0 Å². The Morgan fingerprint density at radius 1 is 1.44 bits per heavy atom. The Morgan fingerprint density at radius 2 is 2.12 bits per heavy atom. The highest BCUT2D eigenvalue weighted by atomic mass is 79.9. The number of aliphatic hydroxyl groups excluding tert-OH is 1. The van der Waals surface area contributed by atoms with Crippen molar-refractivity contribution in [1.82, 2.24) is 9.97 Å². The van der Waals surface area contributed by atoms with Crippen LogP contribution >= 0.6 is 27.5 Å². The molecule has 2 rings (SSSR count). The number of hydrogen-bond donors (Lipinski definition) is 1. The van der Waals surface area contributed by atoms with Crippen molar-refractivity contribution in [2.75, 3.05) is 24.6 Å². The average Bonchev–Trinajstić information content (AvgIpc) is 2.33. The van der Waals surface area contributed by atoms with E-state index in [1.807, 2.05) is 0 Å². The van der Waals surface area contributed by atoms with Crippen LogP contribution in [0.4, 0.5) is 5.82 Å². The second-order valence-electron chi connectivity index (χ2n) is 3.92. The number of piperidine rings is 1. The molecular weight excluding hydrogens is 293 g/mol. The second kappa shape index (κ2) is 5.29. The molecule has 16 heavy (non-hydrogen) atoms. The lowest BCUT2D eigenvalue weighted by Gasteiger charge is -2.32. The molecule has 4 nitrogen and oxygen atoms in total. The van der Waals surface area contributed by atoms with Gasteiger partial charge in [-0.05, 0) is 34.7 Å². The van der Waals surface area contributed by atoms with Gasteiger partial charge in [0.15, 0.2) is 0 Å². The van der Waals surface area contributed by atoms with Crippen LogP contribution in [0, 0.1) is 5.92 Å². The van der Waals surface area contributed by atoms with E-state index < -0.39 is 0 Å².